The summed E-state index contributed by atoms with van der Waals surface area (Å²) < 4.78 is 12.9. The van der Waals surface area contributed by atoms with Gasteiger partial charge in [-0.2, -0.15) is 0 Å². The SMILES string of the molecule is CC1CC2(CC(=O)c3cc(Br)ccc3O2)CC(C)O1. The van der Waals surface area contributed by atoms with E-state index in [2.05, 4.69) is 15.9 Å². The molecular weight excluding hydrogens is 308 g/mol. The molecule has 2 aliphatic rings. The van der Waals surface area contributed by atoms with Crippen LogP contribution in [-0.2, 0) is 4.74 Å². The molecule has 0 N–H and O–H groups in total. The van der Waals surface area contributed by atoms with Crippen molar-refractivity contribution in [3.8, 4) is 5.75 Å². The largest absolute Gasteiger partial charge is 0.486 e. The first-order valence-corrected chi connectivity index (χ1v) is 7.44. The Morgan fingerprint density at radius 1 is 1.26 bits per heavy atom. The van der Waals surface area contributed by atoms with Crippen molar-refractivity contribution >= 4 is 21.7 Å². The second-order valence-corrected chi connectivity index (χ2v) is 6.61. The van der Waals surface area contributed by atoms with Gasteiger partial charge in [-0.25, -0.2) is 0 Å². The zero-order chi connectivity index (χ0) is 13.6. The molecule has 2 heterocycles. The third-order valence-corrected chi connectivity index (χ3v) is 4.33. The summed E-state index contributed by atoms with van der Waals surface area (Å²) in [5.41, 5.74) is 0.307. The van der Waals surface area contributed by atoms with E-state index in [4.69, 9.17) is 9.47 Å². The van der Waals surface area contributed by atoms with E-state index in [0.29, 0.717) is 17.7 Å². The lowest BCUT2D eigenvalue weighted by Gasteiger charge is -2.45. The molecule has 0 saturated carbocycles. The zero-order valence-electron chi connectivity index (χ0n) is 11.1. The quantitative estimate of drug-likeness (QED) is 0.729. The van der Waals surface area contributed by atoms with Gasteiger partial charge in [-0.3, -0.25) is 4.79 Å². The van der Waals surface area contributed by atoms with Gasteiger partial charge in [0.25, 0.3) is 0 Å². The maximum absolute atomic E-state index is 12.4. The molecule has 2 atom stereocenters. The summed E-state index contributed by atoms with van der Waals surface area (Å²) in [6.45, 7) is 4.09. The van der Waals surface area contributed by atoms with E-state index >= 15 is 0 Å². The first-order valence-electron chi connectivity index (χ1n) is 6.65. The first-order chi connectivity index (χ1) is 8.97. The van der Waals surface area contributed by atoms with Crippen LogP contribution in [0.1, 0.15) is 43.5 Å². The van der Waals surface area contributed by atoms with E-state index in [0.717, 1.165) is 17.3 Å². The monoisotopic (exact) mass is 324 g/mol. The number of carbonyl (C=O) groups is 1. The highest BCUT2D eigenvalue weighted by Crippen LogP contribution is 2.42. The van der Waals surface area contributed by atoms with Crippen molar-refractivity contribution in [2.45, 2.75) is 50.9 Å². The van der Waals surface area contributed by atoms with Crippen LogP contribution in [-0.4, -0.2) is 23.6 Å². The highest BCUT2D eigenvalue weighted by molar-refractivity contribution is 9.10. The number of Topliss-reactive ketones (excluding diaryl/α,β-unsaturated/α-hetero) is 1. The molecule has 19 heavy (non-hydrogen) atoms. The molecule has 3 nitrogen and oxygen atoms in total. The second-order valence-electron chi connectivity index (χ2n) is 5.69. The molecule has 3 rings (SSSR count). The molecule has 1 fully saturated rings. The number of hydrogen-bond donors (Lipinski definition) is 0. The van der Waals surface area contributed by atoms with E-state index in [9.17, 15) is 4.79 Å². The topological polar surface area (TPSA) is 35.5 Å². The number of ketones is 1. The van der Waals surface area contributed by atoms with Gasteiger partial charge in [-0.15, -0.1) is 0 Å². The Bertz CT molecular complexity index is 516. The lowest BCUT2D eigenvalue weighted by Crippen LogP contribution is -2.50. The summed E-state index contributed by atoms with van der Waals surface area (Å²) in [4.78, 5) is 12.4. The van der Waals surface area contributed by atoms with Gasteiger partial charge in [0.15, 0.2) is 5.78 Å². The van der Waals surface area contributed by atoms with Crippen molar-refractivity contribution in [1.82, 2.24) is 0 Å². The zero-order valence-corrected chi connectivity index (χ0v) is 12.7. The first kappa shape index (κ1) is 13.1. The van der Waals surface area contributed by atoms with Crippen LogP contribution < -0.4 is 4.74 Å². The summed E-state index contributed by atoms with van der Waals surface area (Å²) in [7, 11) is 0. The fourth-order valence-electron chi connectivity index (χ4n) is 3.32. The van der Waals surface area contributed by atoms with Crippen molar-refractivity contribution in [3.05, 3.63) is 28.2 Å². The molecule has 102 valence electrons. The van der Waals surface area contributed by atoms with Gasteiger partial charge < -0.3 is 9.47 Å². The molecule has 2 unspecified atom stereocenters. The molecule has 0 aromatic heterocycles. The van der Waals surface area contributed by atoms with Gasteiger partial charge >= 0.3 is 0 Å². The number of fused-ring (bicyclic) bond motifs is 1. The van der Waals surface area contributed by atoms with Crippen LogP contribution >= 0.6 is 15.9 Å². The molecule has 1 aromatic rings. The molecule has 1 saturated heterocycles. The van der Waals surface area contributed by atoms with Crippen LogP contribution in [0.3, 0.4) is 0 Å². The Hall–Kier alpha value is -0.870. The minimum Gasteiger partial charge on any atom is -0.486 e. The second kappa shape index (κ2) is 4.60. The van der Waals surface area contributed by atoms with Crippen molar-refractivity contribution in [1.29, 1.82) is 0 Å². The van der Waals surface area contributed by atoms with Crippen molar-refractivity contribution in [3.63, 3.8) is 0 Å². The summed E-state index contributed by atoms with van der Waals surface area (Å²) >= 11 is 3.40. The van der Waals surface area contributed by atoms with Gasteiger partial charge in [-0.1, -0.05) is 15.9 Å². The van der Waals surface area contributed by atoms with Gasteiger partial charge in [-0.05, 0) is 32.0 Å². The Labute approximate surface area is 121 Å². The summed E-state index contributed by atoms with van der Waals surface area (Å²) in [6.07, 6.45) is 2.27. The van der Waals surface area contributed by atoms with Gasteiger partial charge in [0, 0.05) is 17.3 Å². The van der Waals surface area contributed by atoms with E-state index in [1.54, 1.807) is 0 Å². The lowest BCUT2D eigenvalue weighted by molar-refractivity contribution is -0.120. The smallest absolute Gasteiger partial charge is 0.170 e. The average molecular weight is 325 g/mol. The predicted octanol–water partition coefficient (Wildman–Crippen LogP) is 3.74. The molecule has 1 spiro atoms. The molecule has 4 heteroatoms. The fraction of sp³-hybridized carbons (Fsp3) is 0.533. The number of rotatable bonds is 0. The maximum Gasteiger partial charge on any atom is 0.170 e. The van der Waals surface area contributed by atoms with Crippen LogP contribution in [0.15, 0.2) is 22.7 Å². The maximum atomic E-state index is 12.4. The number of hydrogen-bond acceptors (Lipinski definition) is 3. The summed E-state index contributed by atoms with van der Waals surface area (Å²) in [6, 6.07) is 5.64. The third-order valence-electron chi connectivity index (χ3n) is 3.83. The van der Waals surface area contributed by atoms with Crippen LogP contribution in [0.5, 0.6) is 5.75 Å². The van der Waals surface area contributed by atoms with E-state index in [1.807, 2.05) is 32.0 Å². The average Bonchev–Trinajstić information content (AvgIpc) is 2.28. The van der Waals surface area contributed by atoms with E-state index in [1.165, 1.54) is 0 Å². The molecule has 1 aromatic carbocycles. The third kappa shape index (κ3) is 2.43. The van der Waals surface area contributed by atoms with Crippen LogP contribution in [0.25, 0.3) is 0 Å². The Morgan fingerprint density at radius 2 is 1.95 bits per heavy atom. The normalized spacial score (nSPS) is 33.9. The molecule has 0 radical (unpaired) electrons. The molecule has 0 bridgehead atoms. The number of carbonyl (C=O) groups excluding carboxylic acids is 1. The van der Waals surface area contributed by atoms with Crippen molar-refractivity contribution in [2.24, 2.45) is 0 Å². The molecular formula is C15H17BrO3. The van der Waals surface area contributed by atoms with Crippen LogP contribution in [0, 0.1) is 0 Å². The van der Waals surface area contributed by atoms with Crippen LogP contribution in [0.4, 0.5) is 0 Å². The van der Waals surface area contributed by atoms with Gasteiger partial charge in [0.1, 0.15) is 11.4 Å². The molecule has 0 aliphatic carbocycles. The number of halogens is 1. The van der Waals surface area contributed by atoms with Crippen LogP contribution in [0.2, 0.25) is 0 Å². The Morgan fingerprint density at radius 3 is 2.63 bits per heavy atom. The van der Waals surface area contributed by atoms with Gasteiger partial charge in [0.05, 0.1) is 24.2 Å². The standard InChI is InChI=1S/C15H17BrO3/c1-9-6-15(7-10(2)18-9)8-13(17)12-5-11(16)3-4-14(12)19-15/h3-5,9-10H,6-8H2,1-2H3. The molecule has 2 aliphatic heterocycles. The van der Waals surface area contributed by atoms with E-state index < -0.39 is 0 Å². The predicted molar refractivity (Wildman–Crippen MR) is 75.7 cm³/mol. The lowest BCUT2D eigenvalue weighted by atomic mass is 9.80. The van der Waals surface area contributed by atoms with Gasteiger partial charge in [0.2, 0.25) is 0 Å². The minimum atomic E-state index is -0.380. The minimum absolute atomic E-state index is 0.133. The highest BCUT2D eigenvalue weighted by Gasteiger charge is 2.45. The highest BCUT2D eigenvalue weighted by atomic mass is 79.9. The Kier molecular flexibility index (Phi) is 3.18. The number of benzene rings is 1. The molecule has 0 amide bonds. The number of ether oxygens (including phenoxy) is 2. The summed E-state index contributed by atoms with van der Waals surface area (Å²) in [5.74, 6) is 0.879. The van der Waals surface area contributed by atoms with Crippen molar-refractivity contribution < 1.29 is 14.3 Å². The van der Waals surface area contributed by atoms with E-state index in [-0.39, 0.29) is 23.6 Å². The van der Waals surface area contributed by atoms with Crippen molar-refractivity contribution in [2.75, 3.05) is 0 Å². The summed E-state index contributed by atoms with van der Waals surface area (Å²) in [5, 5.41) is 0. The fourth-order valence-corrected chi connectivity index (χ4v) is 3.68. The Balaban J connectivity index is 1.96.